The second kappa shape index (κ2) is 32.7. The molecule has 58 heavy (non-hydrogen) atoms. The van der Waals surface area contributed by atoms with Gasteiger partial charge in [0.1, 0.15) is 19.8 Å². The Hall–Kier alpha value is -0.990. The molecule has 0 saturated heterocycles. The van der Waals surface area contributed by atoms with E-state index in [0.717, 1.165) is 62.2 Å². The Labute approximate surface area is 359 Å². The number of rotatable bonds is 38. The molecule has 346 valence electrons. The summed E-state index contributed by atoms with van der Waals surface area (Å²) in [6, 6.07) is 0. The average Bonchev–Trinajstić information content (AvgIpc) is 3.08. The van der Waals surface area contributed by atoms with Crippen LogP contribution in [0.15, 0.2) is 0 Å². The third-order valence-electron chi connectivity index (χ3n) is 11.7. The molecule has 10 heteroatoms. The molecule has 0 rings (SSSR count). The Morgan fingerprint density at radius 1 is 0.500 bits per heavy atom. The van der Waals surface area contributed by atoms with Crippen LogP contribution in [0.3, 0.4) is 0 Å². The van der Waals surface area contributed by atoms with Crippen LogP contribution >= 0.6 is 7.82 Å². The lowest BCUT2D eigenvalue weighted by Gasteiger charge is -2.24. The second-order valence-corrected chi connectivity index (χ2v) is 22.3. The first kappa shape index (κ1) is 57.0. The number of hydrogen-bond acceptors (Lipinski definition) is 7. The van der Waals surface area contributed by atoms with Crippen molar-refractivity contribution in [2.24, 2.45) is 47.3 Å². The molecule has 0 aromatic rings. The molecule has 9 nitrogen and oxygen atoms in total. The SMILES string of the molecule is CC(C)CCCC(C)CCCC(C)CCCC(C)CC(=O)OC[C@H](COP(=O)(O)OCC[N+](C)(C)C)OC(=O)CC(C)CCCC(C)CCCC(C)CCCC(C)C. The molecule has 0 fully saturated rings. The summed E-state index contributed by atoms with van der Waals surface area (Å²) in [4.78, 5) is 36.2. The first-order valence-electron chi connectivity index (χ1n) is 23.8. The summed E-state index contributed by atoms with van der Waals surface area (Å²) in [5.41, 5.74) is 0. The van der Waals surface area contributed by atoms with E-state index in [2.05, 4.69) is 69.2 Å². The third kappa shape index (κ3) is 36.8. The predicted molar refractivity (Wildman–Crippen MR) is 242 cm³/mol. The molecule has 8 atom stereocenters. The molecule has 0 heterocycles. The number of phosphoric acid groups is 1. The number of ether oxygens (including phenoxy) is 2. The molecule has 0 aliphatic rings. The molecular formula is C48H97NO8P+. The monoisotopic (exact) mass is 847 g/mol. The van der Waals surface area contributed by atoms with E-state index in [1.807, 2.05) is 21.1 Å². The van der Waals surface area contributed by atoms with Crippen LogP contribution in [-0.4, -0.2) is 74.9 Å². The first-order chi connectivity index (χ1) is 27.1. The quantitative estimate of drug-likeness (QED) is 0.0372. The van der Waals surface area contributed by atoms with Crippen molar-refractivity contribution in [3.63, 3.8) is 0 Å². The number of likely N-dealkylation sites (N-methyl/N-ethyl adjacent to an activating group) is 1. The fourth-order valence-electron chi connectivity index (χ4n) is 7.60. The van der Waals surface area contributed by atoms with Crippen molar-refractivity contribution in [3.8, 4) is 0 Å². The van der Waals surface area contributed by atoms with Gasteiger partial charge >= 0.3 is 19.8 Å². The lowest BCUT2D eigenvalue weighted by Crippen LogP contribution is -2.37. The molecule has 0 spiro atoms. The maximum atomic E-state index is 13.1. The number of carbonyl (C=O) groups excluding carboxylic acids is 2. The molecule has 0 radical (unpaired) electrons. The van der Waals surface area contributed by atoms with Crippen LogP contribution in [0.5, 0.6) is 0 Å². The summed E-state index contributed by atoms with van der Waals surface area (Å²) in [5, 5.41) is 0. The van der Waals surface area contributed by atoms with Gasteiger partial charge in [-0.1, -0.05) is 185 Å². The molecule has 0 aliphatic heterocycles. The highest BCUT2D eigenvalue weighted by Crippen LogP contribution is 2.43. The summed E-state index contributed by atoms with van der Waals surface area (Å²) in [6.07, 6.45) is 21.4. The number of carbonyl (C=O) groups is 2. The number of nitrogens with zero attached hydrogens (tertiary/aromatic N) is 1. The van der Waals surface area contributed by atoms with Crippen molar-refractivity contribution < 1.29 is 42.1 Å². The van der Waals surface area contributed by atoms with E-state index < -0.39 is 26.5 Å². The molecule has 0 amide bonds. The zero-order valence-electron chi connectivity index (χ0n) is 40.4. The van der Waals surface area contributed by atoms with E-state index in [1.54, 1.807) is 0 Å². The minimum Gasteiger partial charge on any atom is -0.462 e. The van der Waals surface area contributed by atoms with Crippen molar-refractivity contribution in [1.29, 1.82) is 0 Å². The minimum atomic E-state index is -4.40. The Morgan fingerprint density at radius 3 is 1.21 bits per heavy atom. The molecule has 0 aliphatic carbocycles. The van der Waals surface area contributed by atoms with Gasteiger partial charge in [-0.05, 0) is 47.3 Å². The average molecular weight is 847 g/mol. The zero-order chi connectivity index (χ0) is 44.1. The van der Waals surface area contributed by atoms with Crippen LogP contribution in [0.25, 0.3) is 0 Å². The maximum Gasteiger partial charge on any atom is 0.472 e. The second-order valence-electron chi connectivity index (χ2n) is 20.8. The summed E-state index contributed by atoms with van der Waals surface area (Å²) in [6.45, 7) is 22.7. The molecule has 0 aromatic carbocycles. The van der Waals surface area contributed by atoms with Gasteiger partial charge in [-0.25, -0.2) is 4.57 Å². The van der Waals surface area contributed by atoms with Gasteiger partial charge in [-0.3, -0.25) is 18.6 Å². The van der Waals surface area contributed by atoms with Crippen molar-refractivity contribution in [3.05, 3.63) is 0 Å². The molecule has 1 N–H and O–H groups in total. The number of hydrogen-bond donors (Lipinski definition) is 1. The van der Waals surface area contributed by atoms with Crippen LogP contribution in [-0.2, 0) is 32.7 Å². The van der Waals surface area contributed by atoms with Crippen molar-refractivity contribution in [2.45, 2.75) is 204 Å². The largest absolute Gasteiger partial charge is 0.472 e. The standard InChI is InChI=1S/C48H96NO8P/c1-38(2)20-14-22-40(5)24-16-26-42(7)28-18-30-44(9)34-47(50)54-36-46(37-56-58(52,53)55-33-32-49(11,12)13)57-48(51)35-45(10)31-19-29-43(8)27-17-25-41(6)23-15-21-39(3)4/h38-46H,14-37H2,1-13H3/p+1/t40?,41?,42?,43?,44?,45?,46-/m1/s1. The summed E-state index contributed by atoms with van der Waals surface area (Å²) < 4.78 is 34.9. The van der Waals surface area contributed by atoms with Gasteiger partial charge in [0.05, 0.1) is 27.7 Å². The predicted octanol–water partition coefficient (Wildman–Crippen LogP) is 13.2. The van der Waals surface area contributed by atoms with Crippen molar-refractivity contribution in [2.75, 3.05) is 47.5 Å². The smallest absolute Gasteiger partial charge is 0.462 e. The number of phosphoric ester groups is 1. The molecule has 7 unspecified atom stereocenters. The van der Waals surface area contributed by atoms with Crippen LogP contribution in [0.4, 0.5) is 0 Å². The highest BCUT2D eigenvalue weighted by Gasteiger charge is 2.28. The van der Waals surface area contributed by atoms with Gasteiger partial charge in [0.2, 0.25) is 0 Å². The molecule has 0 bridgehead atoms. The number of quaternary nitrogens is 1. The van der Waals surface area contributed by atoms with Gasteiger partial charge in [0, 0.05) is 12.8 Å². The van der Waals surface area contributed by atoms with E-state index in [9.17, 15) is 19.0 Å². The normalized spacial score (nSPS) is 17.0. The summed E-state index contributed by atoms with van der Waals surface area (Å²) >= 11 is 0. The van der Waals surface area contributed by atoms with Crippen molar-refractivity contribution in [1.82, 2.24) is 0 Å². The minimum absolute atomic E-state index is 0.0266. The van der Waals surface area contributed by atoms with Gasteiger partial charge in [0.15, 0.2) is 6.10 Å². The molecule has 0 aromatic heterocycles. The van der Waals surface area contributed by atoms with E-state index in [4.69, 9.17) is 18.5 Å². The van der Waals surface area contributed by atoms with E-state index in [1.165, 1.54) is 77.0 Å². The Bertz CT molecular complexity index is 1080. The summed E-state index contributed by atoms with van der Waals surface area (Å²) in [7, 11) is 1.46. The van der Waals surface area contributed by atoms with E-state index in [-0.39, 0.29) is 43.9 Å². The van der Waals surface area contributed by atoms with E-state index >= 15 is 0 Å². The van der Waals surface area contributed by atoms with Gasteiger partial charge in [-0.2, -0.15) is 0 Å². The third-order valence-corrected chi connectivity index (χ3v) is 12.7. The Kier molecular flexibility index (Phi) is 32.1. The van der Waals surface area contributed by atoms with Crippen molar-refractivity contribution >= 4 is 19.8 Å². The fourth-order valence-corrected chi connectivity index (χ4v) is 8.34. The lowest BCUT2D eigenvalue weighted by atomic mass is 9.91. The van der Waals surface area contributed by atoms with Crippen LogP contribution in [0.2, 0.25) is 0 Å². The Morgan fingerprint density at radius 2 is 0.845 bits per heavy atom. The zero-order valence-corrected chi connectivity index (χ0v) is 41.3. The van der Waals surface area contributed by atoms with Gasteiger partial charge in [0.25, 0.3) is 0 Å². The number of esters is 2. The Balaban J connectivity index is 4.82. The highest BCUT2D eigenvalue weighted by molar-refractivity contribution is 7.47. The summed E-state index contributed by atoms with van der Waals surface area (Å²) in [5.74, 6) is 4.00. The topological polar surface area (TPSA) is 108 Å². The lowest BCUT2D eigenvalue weighted by molar-refractivity contribution is -0.870. The fraction of sp³-hybridized carbons (Fsp3) is 0.958. The van der Waals surface area contributed by atoms with Crippen LogP contribution in [0, 0.1) is 47.3 Å². The molecular weight excluding hydrogens is 750 g/mol. The molecule has 0 saturated carbocycles. The van der Waals surface area contributed by atoms with Gasteiger partial charge in [-0.15, -0.1) is 0 Å². The first-order valence-corrected chi connectivity index (χ1v) is 25.3. The maximum absolute atomic E-state index is 13.1. The van der Waals surface area contributed by atoms with Gasteiger partial charge < -0.3 is 18.9 Å². The van der Waals surface area contributed by atoms with E-state index in [0.29, 0.717) is 22.9 Å². The van der Waals surface area contributed by atoms with Crippen LogP contribution in [0.1, 0.15) is 198 Å². The van der Waals surface area contributed by atoms with Crippen LogP contribution < -0.4 is 0 Å². The highest BCUT2D eigenvalue weighted by atomic mass is 31.2.